The van der Waals surface area contributed by atoms with Gasteiger partial charge in [0.05, 0.1) is 21.3 Å². The van der Waals surface area contributed by atoms with Crippen LogP contribution >= 0.6 is 0 Å². The predicted octanol–water partition coefficient (Wildman–Crippen LogP) is 25.6. The second-order valence-electron chi connectivity index (χ2n) is 26.5. The van der Waals surface area contributed by atoms with Crippen molar-refractivity contribution in [3.63, 3.8) is 0 Å². The molecule has 0 atom stereocenters. The van der Waals surface area contributed by atoms with Gasteiger partial charge < -0.3 is 14.2 Å². The Morgan fingerprint density at radius 2 is 0.345 bits per heavy atom. The van der Waals surface area contributed by atoms with Gasteiger partial charge >= 0.3 is 0 Å². The highest BCUT2D eigenvalue weighted by molar-refractivity contribution is 6.61. The number of fused-ring (bicyclic) bond motifs is 6. The van der Waals surface area contributed by atoms with Crippen LogP contribution in [0.3, 0.4) is 0 Å². The van der Waals surface area contributed by atoms with Gasteiger partial charge in [0, 0.05) is 0 Å². The van der Waals surface area contributed by atoms with Gasteiger partial charge in [-0.05, 0) is 221 Å². The topological polar surface area (TPSA) is 27.7 Å². The molecule has 0 aliphatic heterocycles. The van der Waals surface area contributed by atoms with Crippen LogP contribution in [-0.2, 0) is 19.3 Å². The van der Waals surface area contributed by atoms with E-state index in [1.807, 2.05) is 21.3 Å². The standard InChI is InChI=1S/C81H96O3/c1-7-10-13-16-19-22-25-28-31-34-37-52-40-58-64-46-55(82-4)48-66-60-42-53(38-35-32-29-26-23-20-17-14-11-8-2)44-62-68-50-57(84-6)51-69-63-45-54(39-36-33-30-27-24-21-18-15-12-9-3)43-61-67-49-56(83-5)47-65-59(41-52)70(58)76-79(73(64)66)77(71(60)62)81(75(68)69)78(72(61)63)80(76)74(65)67/h40-51H,7-39H2,1-6H3. The van der Waals surface area contributed by atoms with Crippen molar-refractivity contribution in [1.29, 1.82) is 0 Å². The van der Waals surface area contributed by atoms with Gasteiger partial charge in [-0.15, -0.1) is 0 Å². The number of methoxy groups -OCH3 is 3. The monoisotopic (exact) mass is 1120 g/mol. The Hall–Kier alpha value is -6.06. The highest BCUT2D eigenvalue weighted by Crippen LogP contribution is 2.61. The van der Waals surface area contributed by atoms with Crippen LogP contribution in [0.25, 0.3) is 129 Å². The number of hydrogen-bond donors (Lipinski definition) is 0. The number of hydrogen-bond acceptors (Lipinski definition) is 3. The van der Waals surface area contributed by atoms with Crippen molar-refractivity contribution in [2.45, 2.75) is 233 Å². The third kappa shape index (κ3) is 10.3. The van der Waals surface area contributed by atoms with Gasteiger partial charge in [0.25, 0.3) is 0 Å². The molecule has 0 saturated heterocycles. The van der Waals surface area contributed by atoms with Crippen molar-refractivity contribution in [2.24, 2.45) is 0 Å². The Morgan fingerprint density at radius 3 is 0.512 bits per heavy atom. The zero-order valence-electron chi connectivity index (χ0n) is 52.5. The molecule has 3 heteroatoms. The fraction of sp³-hybridized carbons (Fsp3) is 0.481. The maximum Gasteiger partial charge on any atom is 0.120 e. The summed E-state index contributed by atoms with van der Waals surface area (Å²) in [5, 5.41) is 33.3. The maximum atomic E-state index is 6.44. The van der Waals surface area contributed by atoms with E-state index in [9.17, 15) is 0 Å². The van der Waals surface area contributed by atoms with E-state index in [2.05, 4.69) is 93.6 Å². The summed E-state index contributed by atoms with van der Waals surface area (Å²) >= 11 is 0. The largest absolute Gasteiger partial charge is 0.497 e. The second kappa shape index (κ2) is 25.5. The lowest BCUT2D eigenvalue weighted by Gasteiger charge is -2.30. The third-order valence-corrected chi connectivity index (χ3v) is 20.8. The summed E-state index contributed by atoms with van der Waals surface area (Å²) in [5.74, 6) is 2.81. The zero-order valence-corrected chi connectivity index (χ0v) is 52.5. The lowest BCUT2D eigenvalue weighted by molar-refractivity contribution is 0.416. The average Bonchev–Trinajstić information content (AvgIpc) is 0.652. The van der Waals surface area contributed by atoms with Crippen LogP contribution < -0.4 is 14.2 Å². The average molecular weight is 1120 g/mol. The molecular formula is C81H96O3. The van der Waals surface area contributed by atoms with E-state index >= 15 is 0 Å². The minimum Gasteiger partial charge on any atom is -0.497 e. The van der Waals surface area contributed by atoms with Gasteiger partial charge in [0.1, 0.15) is 17.2 Å². The summed E-state index contributed by atoms with van der Waals surface area (Å²) in [6.45, 7) is 6.95. The molecule has 13 aromatic rings. The molecule has 0 N–H and O–H groups in total. The summed E-state index contributed by atoms with van der Waals surface area (Å²) < 4.78 is 19.3. The van der Waals surface area contributed by atoms with Crippen LogP contribution in [0, 0.1) is 0 Å². The van der Waals surface area contributed by atoms with E-state index < -0.39 is 0 Å². The molecule has 0 fully saturated rings. The lowest BCUT2D eigenvalue weighted by Crippen LogP contribution is -2.02. The summed E-state index contributed by atoms with van der Waals surface area (Å²) in [6.07, 6.45) is 43.5. The Kier molecular flexibility index (Phi) is 17.3. The predicted molar refractivity (Wildman–Crippen MR) is 370 cm³/mol. The quantitative estimate of drug-likeness (QED) is 0.0223. The number of rotatable bonds is 36. The molecule has 0 radical (unpaired) electrons. The molecular weight excluding hydrogens is 1020 g/mol. The Balaban J connectivity index is 1.03. The van der Waals surface area contributed by atoms with Crippen LogP contribution in [0.5, 0.6) is 17.2 Å². The summed E-state index contributed by atoms with van der Waals surface area (Å²) in [5.41, 5.74) is 4.35. The van der Waals surface area contributed by atoms with Crippen LogP contribution in [0.15, 0.2) is 72.8 Å². The molecule has 13 aromatic carbocycles. The smallest absolute Gasteiger partial charge is 0.120 e. The first kappa shape index (κ1) is 57.0. The Labute approximate surface area is 501 Å². The van der Waals surface area contributed by atoms with Crippen molar-refractivity contribution in [3.8, 4) is 17.2 Å². The number of benzene rings is 13. The van der Waals surface area contributed by atoms with Gasteiger partial charge in [-0.2, -0.15) is 0 Å². The molecule has 0 aliphatic carbocycles. The van der Waals surface area contributed by atoms with Crippen molar-refractivity contribution >= 4 is 129 Å². The number of unbranched alkanes of at least 4 members (excludes halogenated alkanes) is 27. The van der Waals surface area contributed by atoms with Crippen LogP contribution in [0.2, 0.25) is 0 Å². The molecule has 0 unspecified atom stereocenters. The van der Waals surface area contributed by atoms with E-state index in [0.717, 1.165) is 36.5 Å². The van der Waals surface area contributed by atoms with Gasteiger partial charge in [-0.1, -0.05) is 231 Å². The van der Waals surface area contributed by atoms with Crippen molar-refractivity contribution in [2.75, 3.05) is 21.3 Å². The molecule has 0 aliphatic rings. The Morgan fingerprint density at radius 1 is 0.190 bits per heavy atom. The first-order valence-electron chi connectivity index (χ1n) is 34.4. The molecule has 0 bridgehead atoms. The molecule has 84 heavy (non-hydrogen) atoms. The van der Waals surface area contributed by atoms with Crippen molar-refractivity contribution < 1.29 is 14.2 Å². The molecule has 0 amide bonds. The fourth-order valence-corrected chi connectivity index (χ4v) is 16.6. The summed E-state index contributed by atoms with van der Waals surface area (Å²) in [7, 11) is 5.62. The van der Waals surface area contributed by atoms with Gasteiger partial charge in [0.2, 0.25) is 0 Å². The Bertz CT molecular complexity index is 3650. The van der Waals surface area contributed by atoms with Gasteiger partial charge in [0.15, 0.2) is 0 Å². The van der Waals surface area contributed by atoms with E-state index in [4.69, 9.17) is 14.2 Å². The number of ether oxygens (including phenoxy) is 3. The molecule has 13 rings (SSSR count). The lowest BCUT2D eigenvalue weighted by atomic mass is 9.72. The summed E-state index contributed by atoms with van der Waals surface area (Å²) in [6, 6.07) is 30.2. The third-order valence-electron chi connectivity index (χ3n) is 20.8. The van der Waals surface area contributed by atoms with Crippen LogP contribution in [-0.4, -0.2) is 21.3 Å². The fourth-order valence-electron chi connectivity index (χ4n) is 16.6. The zero-order chi connectivity index (χ0) is 57.3. The van der Waals surface area contributed by atoms with Crippen molar-refractivity contribution in [1.82, 2.24) is 0 Å². The highest BCUT2D eigenvalue weighted by atomic mass is 16.5. The first-order chi connectivity index (χ1) is 41.5. The molecule has 3 nitrogen and oxygen atoms in total. The van der Waals surface area contributed by atoms with E-state index in [1.165, 1.54) is 339 Å². The maximum absolute atomic E-state index is 6.44. The normalized spacial score (nSPS) is 12.8. The van der Waals surface area contributed by atoms with Crippen LogP contribution in [0.1, 0.15) is 230 Å². The van der Waals surface area contributed by atoms with E-state index in [-0.39, 0.29) is 0 Å². The van der Waals surface area contributed by atoms with E-state index in [1.54, 1.807) is 0 Å². The minimum absolute atomic E-state index is 0.935. The second-order valence-corrected chi connectivity index (χ2v) is 26.5. The van der Waals surface area contributed by atoms with Gasteiger partial charge in [-0.25, -0.2) is 0 Å². The SMILES string of the molecule is CCCCCCCCCCCCc1cc2c3cc(OC)cc4c5cc(CCCCCCCCCCCC)cc6c7cc(OC)cc8c9cc(CCCCCCCCCCCC)cc%10c%11cc(OC)cc%12c(c1)c2c1c(c34)c(c56)c(c78)c(c%109)c1c%12%11. The summed E-state index contributed by atoms with van der Waals surface area (Å²) in [4.78, 5) is 0. The molecule has 0 heterocycles. The molecule has 0 spiro atoms. The van der Waals surface area contributed by atoms with Crippen LogP contribution in [0.4, 0.5) is 0 Å². The molecule has 438 valence electrons. The first-order valence-corrected chi connectivity index (χ1v) is 34.4. The number of aryl methyl sites for hydroxylation is 3. The molecule has 0 saturated carbocycles. The highest BCUT2D eigenvalue weighted by Gasteiger charge is 2.33. The van der Waals surface area contributed by atoms with Crippen molar-refractivity contribution in [3.05, 3.63) is 89.5 Å². The van der Waals surface area contributed by atoms with Gasteiger partial charge in [-0.3, -0.25) is 0 Å². The molecule has 0 aromatic heterocycles. The van der Waals surface area contributed by atoms with E-state index in [0.29, 0.717) is 0 Å². The minimum atomic E-state index is 0.935.